The van der Waals surface area contributed by atoms with Crippen LogP contribution in [0.5, 0.6) is 0 Å². The zero-order valence-electron chi connectivity index (χ0n) is 15.4. The van der Waals surface area contributed by atoms with Gasteiger partial charge in [-0.25, -0.2) is 4.98 Å². The average molecular weight is 418 g/mol. The number of halogens is 1. The number of nitrogens with zero attached hydrogens (tertiary/aromatic N) is 2. The Morgan fingerprint density at radius 3 is 2.82 bits per heavy atom. The zero-order valence-corrected chi connectivity index (χ0v) is 17.0. The van der Waals surface area contributed by atoms with E-state index in [-0.39, 0.29) is 17.7 Å². The molecule has 4 rings (SSSR count). The molecule has 1 saturated heterocycles. The molecule has 0 unspecified atom stereocenters. The van der Waals surface area contributed by atoms with Crippen molar-refractivity contribution in [1.29, 1.82) is 0 Å². The number of rotatable bonds is 4. The van der Waals surface area contributed by atoms with Crippen LogP contribution in [0, 0.1) is 0 Å². The molecule has 1 aromatic carbocycles. The minimum atomic E-state index is -0.0789. The molecule has 0 radical (unpaired) electrons. The second-order valence-electron chi connectivity index (χ2n) is 6.91. The Kier molecular flexibility index (Phi) is 5.37. The molecular weight excluding hydrogens is 398 g/mol. The van der Waals surface area contributed by atoms with E-state index in [0.29, 0.717) is 29.5 Å². The summed E-state index contributed by atoms with van der Waals surface area (Å²) in [4.78, 5) is 31.9. The maximum absolute atomic E-state index is 12.8. The average Bonchev–Trinajstić information content (AvgIpc) is 3.32. The van der Waals surface area contributed by atoms with E-state index in [1.54, 1.807) is 12.1 Å². The Morgan fingerprint density at radius 2 is 2.07 bits per heavy atom. The monoisotopic (exact) mass is 417 g/mol. The number of benzene rings is 1. The summed E-state index contributed by atoms with van der Waals surface area (Å²) in [5.74, 6) is 0.888. The van der Waals surface area contributed by atoms with Crippen LogP contribution < -0.4 is 5.32 Å². The molecule has 1 aliphatic rings. The summed E-state index contributed by atoms with van der Waals surface area (Å²) in [6.45, 7) is 3.27. The second kappa shape index (κ2) is 7.93. The maximum Gasteiger partial charge on any atom is 0.263 e. The summed E-state index contributed by atoms with van der Waals surface area (Å²) in [7, 11) is 0. The van der Waals surface area contributed by atoms with Crippen LogP contribution in [0.4, 0.5) is 0 Å². The van der Waals surface area contributed by atoms with Gasteiger partial charge in [0.05, 0.1) is 11.4 Å². The maximum atomic E-state index is 12.8. The fourth-order valence-electron chi connectivity index (χ4n) is 3.38. The topological polar surface area (TPSA) is 75.4 Å². The van der Waals surface area contributed by atoms with Gasteiger partial charge in [-0.2, -0.15) is 0 Å². The predicted molar refractivity (Wildman–Crippen MR) is 109 cm³/mol. The van der Waals surface area contributed by atoms with Crippen molar-refractivity contribution in [3.63, 3.8) is 0 Å². The van der Waals surface area contributed by atoms with Crippen molar-refractivity contribution in [3.8, 4) is 0 Å². The number of likely N-dealkylation sites (tertiary alicyclic amines) is 1. The lowest BCUT2D eigenvalue weighted by Crippen LogP contribution is -2.37. The molecule has 0 spiro atoms. The minimum Gasteiger partial charge on any atom is -0.440 e. The number of nitrogens with one attached hydrogen (secondary N) is 1. The lowest BCUT2D eigenvalue weighted by molar-refractivity contribution is -0.119. The number of aromatic nitrogens is 1. The van der Waals surface area contributed by atoms with E-state index in [1.807, 2.05) is 23.1 Å². The molecule has 0 atom stereocenters. The third-order valence-corrected chi connectivity index (χ3v) is 6.19. The van der Waals surface area contributed by atoms with Gasteiger partial charge in [0, 0.05) is 35.8 Å². The molecule has 3 aromatic rings. The summed E-state index contributed by atoms with van der Waals surface area (Å²) in [6.07, 6.45) is 1.63. The van der Waals surface area contributed by atoms with Crippen molar-refractivity contribution in [1.82, 2.24) is 15.2 Å². The highest BCUT2D eigenvalue weighted by molar-refractivity contribution is 7.14. The van der Waals surface area contributed by atoms with Gasteiger partial charge in [0.25, 0.3) is 5.91 Å². The first-order valence-corrected chi connectivity index (χ1v) is 10.4. The highest BCUT2D eigenvalue weighted by Crippen LogP contribution is 2.31. The first-order valence-electron chi connectivity index (χ1n) is 9.18. The smallest absolute Gasteiger partial charge is 0.263 e. The van der Waals surface area contributed by atoms with E-state index in [9.17, 15) is 9.59 Å². The first kappa shape index (κ1) is 19.0. The van der Waals surface area contributed by atoms with Crippen LogP contribution in [0.2, 0.25) is 5.02 Å². The molecular formula is C20H20ClN3O3S. The Morgan fingerprint density at radius 1 is 1.29 bits per heavy atom. The van der Waals surface area contributed by atoms with E-state index in [0.717, 1.165) is 34.7 Å². The van der Waals surface area contributed by atoms with Crippen molar-refractivity contribution in [3.05, 3.63) is 51.0 Å². The predicted octanol–water partition coefficient (Wildman–Crippen LogP) is 4.20. The SMILES string of the molecule is CC(=O)NCc1ccc(C(=O)N2CCC(c3nc4cc(Cl)ccc4o3)CC2)s1. The fourth-order valence-corrected chi connectivity index (χ4v) is 4.46. The number of carbonyl (C=O) groups is 2. The van der Waals surface area contributed by atoms with E-state index in [1.165, 1.54) is 18.3 Å². The Hall–Kier alpha value is -2.38. The molecule has 0 aliphatic carbocycles. The summed E-state index contributed by atoms with van der Waals surface area (Å²) >= 11 is 7.45. The highest BCUT2D eigenvalue weighted by atomic mass is 35.5. The molecule has 3 heterocycles. The van der Waals surface area contributed by atoms with Gasteiger partial charge in [-0.1, -0.05) is 11.6 Å². The summed E-state index contributed by atoms with van der Waals surface area (Å²) < 4.78 is 5.89. The standard InChI is InChI=1S/C20H20ClN3O3S/c1-12(25)22-11-15-3-5-18(28-15)20(26)24-8-6-13(7-9-24)19-23-16-10-14(21)2-4-17(16)27-19/h2-5,10,13H,6-9,11H2,1H3,(H,22,25). The number of hydrogen-bond donors (Lipinski definition) is 1. The molecule has 2 aromatic heterocycles. The van der Waals surface area contributed by atoms with Crippen molar-refractivity contribution >= 4 is 45.9 Å². The number of oxazole rings is 1. The van der Waals surface area contributed by atoms with Gasteiger partial charge in [0.15, 0.2) is 11.5 Å². The molecule has 1 fully saturated rings. The lowest BCUT2D eigenvalue weighted by Gasteiger charge is -2.30. The Bertz CT molecular complexity index is 1020. The molecule has 2 amide bonds. The second-order valence-corrected chi connectivity index (χ2v) is 8.51. The largest absolute Gasteiger partial charge is 0.440 e. The number of hydrogen-bond acceptors (Lipinski definition) is 5. The summed E-state index contributed by atoms with van der Waals surface area (Å²) in [6, 6.07) is 9.16. The lowest BCUT2D eigenvalue weighted by atomic mass is 9.96. The van der Waals surface area contributed by atoms with Crippen molar-refractivity contribution in [2.75, 3.05) is 13.1 Å². The van der Waals surface area contributed by atoms with Gasteiger partial charge >= 0.3 is 0 Å². The van der Waals surface area contributed by atoms with E-state index in [2.05, 4.69) is 10.3 Å². The van der Waals surface area contributed by atoms with Crippen LogP contribution in [0.25, 0.3) is 11.1 Å². The van der Waals surface area contributed by atoms with E-state index in [4.69, 9.17) is 16.0 Å². The van der Waals surface area contributed by atoms with Crippen molar-refractivity contribution in [2.24, 2.45) is 0 Å². The van der Waals surface area contributed by atoms with Crippen LogP contribution >= 0.6 is 22.9 Å². The van der Waals surface area contributed by atoms with Crippen LogP contribution in [0.1, 0.15) is 46.1 Å². The van der Waals surface area contributed by atoms with Gasteiger partial charge in [-0.3, -0.25) is 9.59 Å². The minimum absolute atomic E-state index is 0.0434. The normalized spacial score (nSPS) is 15.1. The van der Waals surface area contributed by atoms with Gasteiger partial charge in [-0.15, -0.1) is 11.3 Å². The van der Waals surface area contributed by atoms with Crippen molar-refractivity contribution in [2.45, 2.75) is 32.2 Å². The molecule has 0 bridgehead atoms. The molecule has 1 aliphatic heterocycles. The van der Waals surface area contributed by atoms with Gasteiger partial charge in [0.2, 0.25) is 5.91 Å². The quantitative estimate of drug-likeness (QED) is 0.690. The van der Waals surface area contributed by atoms with Crippen LogP contribution in [-0.4, -0.2) is 34.8 Å². The van der Waals surface area contributed by atoms with Gasteiger partial charge in [0.1, 0.15) is 5.52 Å². The third-order valence-electron chi connectivity index (χ3n) is 4.88. The zero-order chi connectivity index (χ0) is 19.7. The van der Waals surface area contributed by atoms with E-state index >= 15 is 0 Å². The first-order chi connectivity index (χ1) is 13.5. The number of piperidine rings is 1. The van der Waals surface area contributed by atoms with Crippen LogP contribution in [0.3, 0.4) is 0 Å². The molecule has 0 saturated carbocycles. The summed E-state index contributed by atoms with van der Waals surface area (Å²) in [5, 5.41) is 3.39. The van der Waals surface area contributed by atoms with Gasteiger partial charge < -0.3 is 14.6 Å². The van der Waals surface area contributed by atoms with E-state index < -0.39 is 0 Å². The van der Waals surface area contributed by atoms with Gasteiger partial charge in [-0.05, 0) is 43.2 Å². The van der Waals surface area contributed by atoms with Crippen molar-refractivity contribution < 1.29 is 14.0 Å². The van der Waals surface area contributed by atoms with Crippen LogP contribution in [0.15, 0.2) is 34.7 Å². The number of thiophene rings is 1. The summed E-state index contributed by atoms with van der Waals surface area (Å²) in [5.41, 5.74) is 1.51. The highest BCUT2D eigenvalue weighted by Gasteiger charge is 2.28. The Balaban J connectivity index is 1.38. The third kappa shape index (κ3) is 4.05. The molecule has 8 heteroatoms. The molecule has 6 nitrogen and oxygen atoms in total. The van der Waals surface area contributed by atoms with Crippen LogP contribution in [-0.2, 0) is 11.3 Å². The number of carbonyl (C=O) groups excluding carboxylic acids is 2. The molecule has 146 valence electrons. The molecule has 28 heavy (non-hydrogen) atoms. The number of amides is 2. The Labute approximate surface area is 171 Å². The number of fused-ring (bicyclic) bond motifs is 1. The molecule has 1 N–H and O–H groups in total. The fraction of sp³-hybridized carbons (Fsp3) is 0.350.